The minimum Gasteiger partial charge on any atom is -0.368 e. The highest BCUT2D eigenvalue weighted by atomic mass is 19.2. The Bertz CT molecular complexity index is 616. The van der Waals surface area contributed by atoms with Gasteiger partial charge in [0.05, 0.1) is 6.61 Å². The van der Waals surface area contributed by atoms with E-state index < -0.39 is 11.6 Å². The van der Waals surface area contributed by atoms with Gasteiger partial charge in [0.1, 0.15) is 6.10 Å². The molecule has 0 radical (unpaired) electrons. The molecule has 1 unspecified atom stereocenters. The Labute approximate surface area is 117 Å². The second-order valence-corrected chi connectivity index (χ2v) is 5.10. The Kier molecular flexibility index (Phi) is 3.53. The average molecular weight is 274 g/mol. The van der Waals surface area contributed by atoms with E-state index >= 15 is 0 Å². The highest BCUT2D eigenvalue weighted by Gasteiger charge is 2.30. The highest BCUT2D eigenvalue weighted by molar-refractivity contribution is 5.65. The third-order valence-electron chi connectivity index (χ3n) is 3.60. The second kappa shape index (κ2) is 5.33. The largest absolute Gasteiger partial charge is 0.368 e. The number of ether oxygens (including phenoxy) is 1. The van der Waals surface area contributed by atoms with Crippen molar-refractivity contribution in [2.24, 2.45) is 0 Å². The lowest BCUT2D eigenvalue weighted by Gasteiger charge is -2.08. The van der Waals surface area contributed by atoms with Gasteiger partial charge in [0.2, 0.25) is 0 Å². The van der Waals surface area contributed by atoms with Gasteiger partial charge in [0.25, 0.3) is 0 Å². The topological polar surface area (TPSA) is 12.5 Å². The molecule has 1 aliphatic heterocycles. The quantitative estimate of drug-likeness (QED) is 0.739. The van der Waals surface area contributed by atoms with Crippen LogP contribution in [0.4, 0.5) is 8.78 Å². The van der Waals surface area contributed by atoms with Crippen LogP contribution in [-0.4, -0.2) is 6.61 Å². The van der Waals surface area contributed by atoms with Crippen LogP contribution in [0.15, 0.2) is 36.4 Å². The first kappa shape index (κ1) is 13.3. The van der Waals surface area contributed by atoms with Gasteiger partial charge in [-0.1, -0.05) is 49.7 Å². The fraction of sp³-hybridized carbons (Fsp3) is 0.294. The summed E-state index contributed by atoms with van der Waals surface area (Å²) >= 11 is 0. The first-order chi connectivity index (χ1) is 9.70. The molecule has 0 saturated carbocycles. The first-order valence-corrected chi connectivity index (χ1v) is 6.89. The first-order valence-electron chi connectivity index (χ1n) is 6.89. The molecular weight excluding hydrogens is 258 g/mol. The molecule has 1 heterocycles. The zero-order chi connectivity index (χ0) is 14.1. The number of halogens is 2. The Balaban J connectivity index is 1.95. The monoisotopic (exact) mass is 274 g/mol. The number of hydrogen-bond acceptors (Lipinski definition) is 1. The molecule has 1 aliphatic rings. The van der Waals surface area contributed by atoms with Crippen LogP contribution >= 0.6 is 0 Å². The summed E-state index contributed by atoms with van der Waals surface area (Å²) in [6.45, 7) is 2.59. The van der Waals surface area contributed by atoms with Gasteiger partial charge in [-0.05, 0) is 17.5 Å². The molecule has 0 bridgehead atoms. The zero-order valence-electron chi connectivity index (χ0n) is 11.3. The summed E-state index contributed by atoms with van der Waals surface area (Å²) in [5, 5.41) is 0. The van der Waals surface area contributed by atoms with Crippen molar-refractivity contribution in [2.45, 2.75) is 25.9 Å². The van der Waals surface area contributed by atoms with E-state index in [4.69, 9.17) is 4.74 Å². The Hall–Kier alpha value is -1.74. The van der Waals surface area contributed by atoms with Gasteiger partial charge in [-0.25, -0.2) is 8.78 Å². The van der Waals surface area contributed by atoms with Crippen molar-refractivity contribution < 1.29 is 13.5 Å². The van der Waals surface area contributed by atoms with Crippen LogP contribution in [0.25, 0.3) is 11.1 Å². The second-order valence-electron chi connectivity index (χ2n) is 5.10. The van der Waals surface area contributed by atoms with E-state index in [0.717, 1.165) is 12.8 Å². The predicted octanol–water partition coefficient (Wildman–Crippen LogP) is 4.66. The zero-order valence-corrected chi connectivity index (χ0v) is 11.3. The summed E-state index contributed by atoms with van der Waals surface area (Å²) in [5.41, 5.74) is 2.52. The molecule has 1 saturated heterocycles. The van der Waals surface area contributed by atoms with E-state index in [1.807, 2.05) is 24.3 Å². The van der Waals surface area contributed by atoms with E-state index in [2.05, 4.69) is 6.92 Å². The summed E-state index contributed by atoms with van der Waals surface area (Å²) in [6, 6.07) is 10.9. The highest BCUT2D eigenvalue weighted by Crippen LogP contribution is 2.35. The normalized spacial score (nSPS) is 17.2. The van der Waals surface area contributed by atoms with Crippen LogP contribution in [0.5, 0.6) is 0 Å². The van der Waals surface area contributed by atoms with Gasteiger partial charge < -0.3 is 4.74 Å². The SMILES string of the molecule is CCCc1ccc(-c2ccc(C3CO3)c(F)c2F)cc1. The predicted molar refractivity (Wildman–Crippen MR) is 74.5 cm³/mol. The van der Waals surface area contributed by atoms with Crippen LogP contribution in [0.1, 0.15) is 30.6 Å². The Morgan fingerprint density at radius 1 is 1.05 bits per heavy atom. The van der Waals surface area contributed by atoms with Gasteiger partial charge in [-0.3, -0.25) is 0 Å². The molecule has 1 nitrogen and oxygen atoms in total. The van der Waals surface area contributed by atoms with Crippen molar-refractivity contribution in [3.63, 3.8) is 0 Å². The van der Waals surface area contributed by atoms with Crippen LogP contribution in [0.2, 0.25) is 0 Å². The molecule has 0 aliphatic carbocycles. The number of hydrogen-bond donors (Lipinski definition) is 0. The Morgan fingerprint density at radius 2 is 1.75 bits per heavy atom. The molecule has 3 rings (SSSR count). The maximum atomic E-state index is 14.2. The third-order valence-corrected chi connectivity index (χ3v) is 3.60. The smallest absolute Gasteiger partial charge is 0.167 e. The maximum absolute atomic E-state index is 14.2. The minimum atomic E-state index is -0.791. The molecule has 3 heteroatoms. The molecule has 1 fully saturated rings. The van der Waals surface area contributed by atoms with Crippen LogP contribution in [0, 0.1) is 11.6 Å². The lowest BCUT2D eigenvalue weighted by Crippen LogP contribution is -1.96. The molecule has 2 aromatic carbocycles. The van der Waals surface area contributed by atoms with Gasteiger partial charge in [0.15, 0.2) is 11.6 Å². The van der Waals surface area contributed by atoms with Crippen molar-refractivity contribution in [2.75, 3.05) is 6.61 Å². The molecule has 104 valence electrons. The van der Waals surface area contributed by atoms with Gasteiger partial charge in [-0.15, -0.1) is 0 Å². The van der Waals surface area contributed by atoms with E-state index in [0.29, 0.717) is 23.3 Å². The number of epoxide rings is 1. The standard InChI is InChI=1S/C17H16F2O/c1-2-3-11-4-6-12(7-5-11)13-8-9-14(15-10-20-15)17(19)16(13)18/h4-9,15H,2-3,10H2,1H3. The summed E-state index contributed by atoms with van der Waals surface area (Å²) in [5.74, 6) is -1.58. The number of rotatable bonds is 4. The molecule has 0 N–H and O–H groups in total. The van der Waals surface area contributed by atoms with Crippen LogP contribution < -0.4 is 0 Å². The maximum Gasteiger partial charge on any atom is 0.167 e. The summed E-state index contributed by atoms with van der Waals surface area (Å²) in [7, 11) is 0. The molecule has 0 aromatic heterocycles. The van der Waals surface area contributed by atoms with Crippen molar-refractivity contribution in [1.82, 2.24) is 0 Å². The average Bonchev–Trinajstić information content (AvgIpc) is 3.28. The van der Waals surface area contributed by atoms with Gasteiger partial charge in [0, 0.05) is 11.1 Å². The summed E-state index contributed by atoms with van der Waals surface area (Å²) in [4.78, 5) is 0. The molecule has 1 atom stereocenters. The van der Waals surface area contributed by atoms with Crippen LogP contribution in [-0.2, 0) is 11.2 Å². The molecule has 0 spiro atoms. The fourth-order valence-electron chi connectivity index (χ4n) is 2.40. The fourth-order valence-corrected chi connectivity index (χ4v) is 2.40. The van der Waals surface area contributed by atoms with E-state index in [1.54, 1.807) is 12.1 Å². The minimum absolute atomic E-state index is 0.273. The van der Waals surface area contributed by atoms with E-state index in [9.17, 15) is 8.78 Å². The molecule has 20 heavy (non-hydrogen) atoms. The van der Waals surface area contributed by atoms with Gasteiger partial charge in [-0.2, -0.15) is 0 Å². The van der Waals surface area contributed by atoms with E-state index in [-0.39, 0.29) is 6.10 Å². The Morgan fingerprint density at radius 3 is 2.35 bits per heavy atom. The molecule has 2 aromatic rings. The molecule has 0 amide bonds. The lowest BCUT2D eigenvalue weighted by molar-refractivity contribution is 0.401. The number of aryl methyl sites for hydroxylation is 1. The van der Waals surface area contributed by atoms with Crippen molar-refractivity contribution >= 4 is 0 Å². The summed E-state index contributed by atoms with van der Waals surface area (Å²) in [6.07, 6.45) is 1.79. The molecular formula is C17H16F2O. The van der Waals surface area contributed by atoms with Crippen molar-refractivity contribution in [3.8, 4) is 11.1 Å². The lowest BCUT2D eigenvalue weighted by atomic mass is 9.99. The van der Waals surface area contributed by atoms with E-state index in [1.165, 1.54) is 5.56 Å². The van der Waals surface area contributed by atoms with Gasteiger partial charge >= 0.3 is 0 Å². The van der Waals surface area contributed by atoms with Crippen molar-refractivity contribution in [3.05, 3.63) is 59.2 Å². The van der Waals surface area contributed by atoms with Crippen molar-refractivity contribution in [1.29, 1.82) is 0 Å². The number of benzene rings is 2. The third kappa shape index (κ3) is 2.46. The summed E-state index contributed by atoms with van der Waals surface area (Å²) < 4.78 is 33.1. The van der Waals surface area contributed by atoms with Crippen LogP contribution in [0.3, 0.4) is 0 Å².